The van der Waals surface area contributed by atoms with E-state index in [-0.39, 0.29) is 6.61 Å². The van der Waals surface area contributed by atoms with Crippen molar-refractivity contribution in [3.63, 3.8) is 0 Å². The van der Waals surface area contributed by atoms with E-state index in [1.165, 1.54) is 23.5 Å². The van der Waals surface area contributed by atoms with Crippen LogP contribution in [0.15, 0.2) is 65.6 Å². The molecule has 0 aliphatic heterocycles. The van der Waals surface area contributed by atoms with E-state index in [1.807, 2.05) is 37.3 Å². The van der Waals surface area contributed by atoms with Gasteiger partial charge in [0.25, 0.3) is 0 Å². The first-order chi connectivity index (χ1) is 16.7. The van der Waals surface area contributed by atoms with Gasteiger partial charge in [-0.15, -0.1) is 23.1 Å². The zero-order valence-corrected chi connectivity index (χ0v) is 20.7. The third-order valence-corrected chi connectivity index (χ3v) is 7.25. The maximum atomic E-state index is 12.8. The van der Waals surface area contributed by atoms with Crippen LogP contribution in [-0.2, 0) is 21.5 Å². The predicted octanol–water partition coefficient (Wildman–Crippen LogP) is 7.52. The fourth-order valence-electron chi connectivity index (χ4n) is 3.36. The summed E-state index contributed by atoms with van der Waals surface area (Å²) in [7, 11) is 0. The van der Waals surface area contributed by atoms with E-state index in [2.05, 4.69) is 11.1 Å². The highest BCUT2D eigenvalue weighted by molar-refractivity contribution is 7.98. The number of thioether (sulfide) groups is 1. The van der Waals surface area contributed by atoms with Gasteiger partial charge in [0.2, 0.25) is 0 Å². The highest BCUT2D eigenvalue weighted by Gasteiger charge is 2.30. The number of rotatable bonds is 8. The lowest BCUT2D eigenvalue weighted by Gasteiger charge is -2.10. The molecule has 9 heteroatoms. The van der Waals surface area contributed by atoms with Crippen molar-refractivity contribution < 1.29 is 27.4 Å². The smallest absolute Gasteiger partial charge is 0.416 e. The fourth-order valence-corrected chi connectivity index (χ4v) is 5.34. The number of halogens is 3. The molecule has 0 aliphatic carbocycles. The number of aromatic nitrogens is 1. The minimum atomic E-state index is -4.35. The largest absolute Gasteiger partial charge is 0.482 e. The quantitative estimate of drug-likeness (QED) is 0.179. The lowest BCUT2D eigenvalue weighted by molar-refractivity contribution is -0.145. The van der Waals surface area contributed by atoms with E-state index in [0.29, 0.717) is 22.9 Å². The Morgan fingerprint density at radius 2 is 1.83 bits per heavy atom. The SMILES string of the molecule is CCOC(=O)COc1ccc(SCc2ccc3nc(-c4ccc(C(F)(F)F)cc4)sc3c2)cc1C. The minimum absolute atomic E-state index is 0.121. The van der Waals surface area contributed by atoms with Crippen molar-refractivity contribution in [3.8, 4) is 16.3 Å². The number of carbonyl (C=O) groups excluding carboxylic acids is 1. The van der Waals surface area contributed by atoms with E-state index in [1.54, 1.807) is 18.7 Å². The van der Waals surface area contributed by atoms with Gasteiger partial charge in [0, 0.05) is 16.2 Å². The average molecular weight is 518 g/mol. The van der Waals surface area contributed by atoms with Crippen molar-refractivity contribution in [2.45, 2.75) is 30.7 Å². The Morgan fingerprint density at radius 3 is 2.51 bits per heavy atom. The van der Waals surface area contributed by atoms with Crippen molar-refractivity contribution >= 4 is 39.3 Å². The Hall–Kier alpha value is -3.04. The van der Waals surface area contributed by atoms with E-state index >= 15 is 0 Å². The van der Waals surface area contributed by atoms with Gasteiger partial charge in [0.1, 0.15) is 10.8 Å². The number of ether oxygens (including phenoxy) is 2. The molecule has 0 bridgehead atoms. The molecule has 182 valence electrons. The third kappa shape index (κ3) is 6.35. The van der Waals surface area contributed by atoms with Gasteiger partial charge in [-0.25, -0.2) is 9.78 Å². The number of alkyl halides is 3. The molecule has 4 aromatic rings. The molecule has 4 nitrogen and oxygen atoms in total. The van der Waals surface area contributed by atoms with Crippen molar-refractivity contribution in [2.24, 2.45) is 0 Å². The summed E-state index contributed by atoms with van der Waals surface area (Å²) < 4.78 is 49.9. The Morgan fingerprint density at radius 1 is 1.06 bits per heavy atom. The monoisotopic (exact) mass is 517 g/mol. The Kier molecular flexibility index (Phi) is 7.66. The van der Waals surface area contributed by atoms with Crippen molar-refractivity contribution in [1.82, 2.24) is 4.98 Å². The van der Waals surface area contributed by atoms with Crippen LogP contribution in [0.5, 0.6) is 5.75 Å². The van der Waals surface area contributed by atoms with E-state index < -0.39 is 17.7 Å². The first kappa shape index (κ1) is 25.1. The number of hydrogen-bond acceptors (Lipinski definition) is 6. The van der Waals surface area contributed by atoms with Crippen molar-refractivity contribution in [1.29, 1.82) is 0 Å². The fraction of sp³-hybridized carbons (Fsp3) is 0.231. The Labute approximate surface area is 209 Å². The number of hydrogen-bond donors (Lipinski definition) is 0. The molecule has 0 unspecified atom stereocenters. The van der Waals surface area contributed by atoms with Crippen LogP contribution in [0.3, 0.4) is 0 Å². The van der Waals surface area contributed by atoms with Gasteiger partial charge in [-0.1, -0.05) is 18.2 Å². The standard InChI is InChI=1S/C26H22F3NO3S2/c1-3-32-24(31)14-33-22-11-9-20(12-16(22)2)34-15-17-4-10-21-23(13-17)35-25(30-21)18-5-7-19(8-6-18)26(27,28)29/h4-13H,3,14-15H2,1-2H3. The second-order valence-electron chi connectivity index (χ2n) is 7.71. The van der Waals surface area contributed by atoms with Crippen molar-refractivity contribution in [2.75, 3.05) is 13.2 Å². The predicted molar refractivity (Wildman–Crippen MR) is 133 cm³/mol. The van der Waals surface area contributed by atoms with Crippen LogP contribution in [0.1, 0.15) is 23.6 Å². The van der Waals surface area contributed by atoms with Crippen molar-refractivity contribution in [3.05, 3.63) is 77.4 Å². The zero-order valence-electron chi connectivity index (χ0n) is 19.0. The van der Waals surface area contributed by atoms with Crippen LogP contribution >= 0.6 is 23.1 Å². The van der Waals surface area contributed by atoms with Gasteiger partial charge in [-0.2, -0.15) is 13.2 Å². The Bertz CT molecular complexity index is 1330. The highest BCUT2D eigenvalue weighted by Crippen LogP contribution is 2.35. The number of fused-ring (bicyclic) bond motifs is 1. The van der Waals surface area contributed by atoms with Crippen LogP contribution < -0.4 is 4.74 Å². The first-order valence-electron chi connectivity index (χ1n) is 10.8. The van der Waals surface area contributed by atoms with Crippen LogP contribution in [-0.4, -0.2) is 24.2 Å². The molecule has 0 atom stereocenters. The molecule has 0 amide bonds. The summed E-state index contributed by atoms with van der Waals surface area (Å²) >= 11 is 3.13. The molecule has 0 N–H and O–H groups in total. The maximum Gasteiger partial charge on any atom is 0.416 e. The average Bonchev–Trinajstić information content (AvgIpc) is 3.25. The minimum Gasteiger partial charge on any atom is -0.482 e. The lowest BCUT2D eigenvalue weighted by atomic mass is 10.1. The summed E-state index contributed by atoms with van der Waals surface area (Å²) in [4.78, 5) is 17.1. The van der Waals surface area contributed by atoms with Crippen LogP contribution in [0.2, 0.25) is 0 Å². The molecule has 35 heavy (non-hydrogen) atoms. The topological polar surface area (TPSA) is 48.4 Å². The Balaban J connectivity index is 1.41. The molecule has 0 fully saturated rings. The van der Waals surface area contributed by atoms with E-state index in [9.17, 15) is 18.0 Å². The summed E-state index contributed by atoms with van der Waals surface area (Å²) in [6, 6.07) is 16.9. The summed E-state index contributed by atoms with van der Waals surface area (Å²) in [6.45, 7) is 3.88. The van der Waals surface area contributed by atoms with Gasteiger partial charge in [-0.05, 0) is 67.4 Å². The molecule has 4 rings (SSSR count). The molecule has 1 aromatic heterocycles. The van der Waals surface area contributed by atoms with Gasteiger partial charge in [0.05, 0.1) is 22.4 Å². The van der Waals surface area contributed by atoms with Crippen LogP contribution in [0.4, 0.5) is 13.2 Å². The summed E-state index contributed by atoms with van der Waals surface area (Å²) in [5, 5.41) is 0.688. The molecule has 1 heterocycles. The third-order valence-electron chi connectivity index (χ3n) is 5.11. The molecule has 0 radical (unpaired) electrons. The summed E-state index contributed by atoms with van der Waals surface area (Å²) in [5.41, 5.74) is 2.85. The molecular weight excluding hydrogens is 495 g/mol. The second kappa shape index (κ2) is 10.7. The second-order valence-corrected chi connectivity index (χ2v) is 9.79. The zero-order chi connectivity index (χ0) is 25.0. The van der Waals surface area contributed by atoms with Gasteiger partial charge < -0.3 is 9.47 Å². The number of esters is 1. The maximum absolute atomic E-state index is 12.8. The first-order valence-corrected chi connectivity index (χ1v) is 12.6. The van der Waals surface area contributed by atoms with Gasteiger partial charge in [0.15, 0.2) is 6.61 Å². The molecule has 0 saturated carbocycles. The number of aryl methyl sites for hydroxylation is 1. The highest BCUT2D eigenvalue weighted by atomic mass is 32.2. The molecule has 3 aromatic carbocycles. The van der Waals surface area contributed by atoms with Gasteiger partial charge in [-0.3, -0.25) is 0 Å². The van der Waals surface area contributed by atoms with Crippen LogP contribution in [0, 0.1) is 6.92 Å². The molecule has 0 spiro atoms. The number of benzene rings is 3. The molecule has 0 aliphatic rings. The van der Waals surface area contributed by atoms with Gasteiger partial charge >= 0.3 is 12.1 Å². The normalized spacial score (nSPS) is 11.6. The van der Waals surface area contributed by atoms with Crippen LogP contribution in [0.25, 0.3) is 20.8 Å². The molecule has 0 saturated heterocycles. The lowest BCUT2D eigenvalue weighted by Crippen LogP contribution is -2.14. The van der Waals surface area contributed by atoms with E-state index in [0.717, 1.165) is 44.1 Å². The number of thiazole rings is 1. The number of carbonyl (C=O) groups is 1. The summed E-state index contributed by atoms with van der Waals surface area (Å²) in [5.74, 6) is 0.987. The molecular formula is C26H22F3NO3S2. The number of nitrogens with zero attached hydrogens (tertiary/aromatic N) is 1. The summed E-state index contributed by atoms with van der Waals surface area (Å²) in [6.07, 6.45) is -4.35. The van der Waals surface area contributed by atoms with E-state index in [4.69, 9.17) is 9.47 Å².